The molecule has 0 bridgehead atoms. The molecule has 0 unspecified atom stereocenters. The minimum absolute atomic E-state index is 0.0800. The highest BCUT2D eigenvalue weighted by atomic mass is 31.2. The third-order valence-corrected chi connectivity index (χ3v) is 7.94. The zero-order chi connectivity index (χ0) is 39.4. The minimum atomic E-state index is -4.85. The van der Waals surface area contributed by atoms with E-state index in [2.05, 4.69) is 67.0 Å². The molecule has 0 aliphatic heterocycles. The molecule has 0 heterocycles. The van der Waals surface area contributed by atoms with Gasteiger partial charge >= 0.3 is 19.8 Å². The summed E-state index contributed by atoms with van der Waals surface area (Å²) in [6.45, 7) is 3.10. The van der Waals surface area contributed by atoms with Crippen molar-refractivity contribution < 1.29 is 53.3 Å². The normalized spacial score (nSPS) is 15.4. The zero-order valence-electron chi connectivity index (χ0n) is 31.7. The molecule has 0 rings (SSSR count). The Hall–Kier alpha value is -3.15. The molecule has 0 aliphatic rings. The lowest BCUT2D eigenvalue weighted by molar-refractivity contribution is -0.161. The van der Waals surface area contributed by atoms with Crippen LogP contribution in [-0.2, 0) is 28.2 Å². The quantitative estimate of drug-likeness (QED) is 0.0147. The van der Waals surface area contributed by atoms with Gasteiger partial charge in [-0.3, -0.25) is 14.1 Å². The fourth-order valence-corrected chi connectivity index (χ4v) is 4.87. The summed E-state index contributed by atoms with van der Waals surface area (Å²) in [6, 6.07) is 0. The molecule has 0 aromatic rings. The Morgan fingerprint density at radius 1 is 0.642 bits per heavy atom. The second-order valence-electron chi connectivity index (χ2n) is 12.4. The zero-order valence-corrected chi connectivity index (χ0v) is 32.6. The van der Waals surface area contributed by atoms with Crippen molar-refractivity contribution in [1.82, 2.24) is 0 Å². The first kappa shape index (κ1) is 49.9. The number of allylic oxidation sites excluding steroid dienone is 14. The number of hydrogen-bond acceptors (Lipinski definition) is 9. The summed E-state index contributed by atoms with van der Waals surface area (Å²) in [6.07, 6.45) is 36.5. The first-order valence-electron chi connectivity index (χ1n) is 18.9. The molecule has 0 fully saturated rings. The maximum atomic E-state index is 12.4. The highest BCUT2D eigenvalue weighted by Gasteiger charge is 2.23. The van der Waals surface area contributed by atoms with Crippen LogP contribution >= 0.6 is 7.82 Å². The smallest absolute Gasteiger partial charge is 0.462 e. The number of rotatable bonds is 32. The van der Waals surface area contributed by atoms with Crippen molar-refractivity contribution in [3.05, 3.63) is 97.2 Å². The lowest BCUT2D eigenvalue weighted by Crippen LogP contribution is -2.29. The average Bonchev–Trinajstić information content (AvgIpc) is 3.11. The molecule has 0 spiro atoms. The number of aliphatic hydroxyl groups is 3. The van der Waals surface area contributed by atoms with Crippen molar-refractivity contribution in [2.45, 2.75) is 135 Å². The van der Waals surface area contributed by atoms with Crippen LogP contribution in [0.25, 0.3) is 0 Å². The molecule has 0 amide bonds. The van der Waals surface area contributed by atoms with Gasteiger partial charge in [0.15, 0.2) is 6.10 Å². The molecule has 11 nitrogen and oxygen atoms in total. The molecule has 4 atom stereocenters. The molecule has 0 aliphatic carbocycles. The van der Waals surface area contributed by atoms with E-state index in [0.29, 0.717) is 6.42 Å². The predicted molar refractivity (Wildman–Crippen MR) is 211 cm³/mol. The molecule has 0 saturated heterocycles. The van der Waals surface area contributed by atoms with E-state index in [1.165, 1.54) is 6.08 Å². The van der Waals surface area contributed by atoms with E-state index in [1.807, 2.05) is 0 Å². The van der Waals surface area contributed by atoms with Crippen LogP contribution in [0.1, 0.15) is 110 Å². The summed E-state index contributed by atoms with van der Waals surface area (Å²) < 4.78 is 26.1. The Kier molecular flexibility index (Phi) is 32.6. The van der Waals surface area contributed by atoms with Crippen LogP contribution in [0.2, 0.25) is 0 Å². The fraction of sp³-hybridized carbons (Fsp3) is 0.561. The van der Waals surface area contributed by atoms with Gasteiger partial charge in [0.25, 0.3) is 0 Å². The highest BCUT2D eigenvalue weighted by molar-refractivity contribution is 7.46. The Balaban J connectivity index is 4.42. The lowest BCUT2D eigenvalue weighted by Gasteiger charge is -2.18. The maximum absolute atomic E-state index is 12.4. The summed E-state index contributed by atoms with van der Waals surface area (Å²) >= 11 is 0. The third kappa shape index (κ3) is 35.6. The van der Waals surface area contributed by atoms with E-state index in [1.54, 1.807) is 42.5 Å². The minimum Gasteiger partial charge on any atom is -0.462 e. The van der Waals surface area contributed by atoms with Crippen molar-refractivity contribution in [1.29, 1.82) is 0 Å². The first-order chi connectivity index (χ1) is 25.5. The molecule has 0 saturated carbocycles. The molecule has 300 valence electrons. The average molecular weight is 765 g/mol. The van der Waals surface area contributed by atoms with Crippen LogP contribution in [0.5, 0.6) is 0 Å². The van der Waals surface area contributed by atoms with Gasteiger partial charge in [-0.25, -0.2) is 4.57 Å². The number of carbonyl (C=O) groups is 2. The van der Waals surface area contributed by atoms with Gasteiger partial charge in [0, 0.05) is 12.8 Å². The summed E-state index contributed by atoms with van der Waals surface area (Å²) in [5.41, 5.74) is 0. The Labute approximate surface area is 317 Å². The van der Waals surface area contributed by atoms with E-state index >= 15 is 0 Å². The highest BCUT2D eigenvalue weighted by Crippen LogP contribution is 2.36. The SMILES string of the molecule is CC/C=C\C/C=C\C/C=C\C/C=C\CCCCC(=O)O[C@H](COC(=O)CCC[C@@H](O)[C@H](O)/C=C/C=C/C=C\C=C\[C@H](O)CCCCC)COP(=O)(O)O. The van der Waals surface area contributed by atoms with Gasteiger partial charge in [-0.05, 0) is 64.2 Å². The van der Waals surface area contributed by atoms with Gasteiger partial charge in [-0.2, -0.15) is 0 Å². The van der Waals surface area contributed by atoms with Crippen LogP contribution in [0, 0.1) is 0 Å². The van der Waals surface area contributed by atoms with Gasteiger partial charge in [-0.1, -0.05) is 130 Å². The second-order valence-corrected chi connectivity index (χ2v) is 13.6. The number of aliphatic hydroxyl groups excluding tert-OH is 3. The monoisotopic (exact) mass is 764 g/mol. The van der Waals surface area contributed by atoms with E-state index in [9.17, 15) is 29.5 Å². The topological polar surface area (TPSA) is 180 Å². The van der Waals surface area contributed by atoms with Crippen molar-refractivity contribution in [3.8, 4) is 0 Å². The molecular weight excluding hydrogens is 699 g/mol. The summed E-state index contributed by atoms with van der Waals surface area (Å²) in [4.78, 5) is 42.7. The Morgan fingerprint density at radius 2 is 1.23 bits per heavy atom. The second kappa shape index (κ2) is 34.6. The van der Waals surface area contributed by atoms with Crippen LogP contribution in [0.3, 0.4) is 0 Å². The number of carbonyl (C=O) groups excluding carboxylic acids is 2. The Bertz CT molecular complexity index is 1230. The van der Waals surface area contributed by atoms with Crippen molar-refractivity contribution in [2.24, 2.45) is 0 Å². The van der Waals surface area contributed by atoms with E-state index in [4.69, 9.17) is 19.3 Å². The van der Waals surface area contributed by atoms with Crippen LogP contribution in [0.4, 0.5) is 0 Å². The molecular formula is C41H65O11P. The molecule has 0 aromatic heterocycles. The van der Waals surface area contributed by atoms with E-state index in [0.717, 1.165) is 64.2 Å². The van der Waals surface area contributed by atoms with Crippen molar-refractivity contribution in [3.63, 3.8) is 0 Å². The van der Waals surface area contributed by atoms with Crippen LogP contribution in [-0.4, -0.2) is 74.7 Å². The molecule has 0 aromatic carbocycles. The number of hydrogen-bond donors (Lipinski definition) is 5. The van der Waals surface area contributed by atoms with Gasteiger partial charge < -0.3 is 34.6 Å². The summed E-state index contributed by atoms with van der Waals surface area (Å²) in [5, 5.41) is 30.2. The van der Waals surface area contributed by atoms with Gasteiger partial charge in [0.2, 0.25) is 0 Å². The van der Waals surface area contributed by atoms with Crippen molar-refractivity contribution in [2.75, 3.05) is 13.2 Å². The summed E-state index contributed by atoms with van der Waals surface area (Å²) in [5.74, 6) is -1.28. The molecule has 12 heteroatoms. The largest absolute Gasteiger partial charge is 0.469 e. The number of phosphoric ester groups is 1. The Morgan fingerprint density at radius 3 is 1.85 bits per heavy atom. The molecule has 53 heavy (non-hydrogen) atoms. The standard InChI is InChI=1S/C41H65O11P/c1-3-5-7-8-9-10-11-12-13-14-15-16-17-22-26-32-41(46)52-37(35-51-53(47,48)49)34-50-40(45)33-27-31-39(44)38(43)30-25-21-19-18-20-24-29-36(42)28-23-6-4-2/h5,7,9-10,12-13,15-16,18-21,24-25,29-30,36-39,42-44H,3-4,6,8,11,14,17,22-23,26-28,31-35H2,1-2H3,(H2,47,48,49)/b7-5-,10-9-,13-12-,16-15-,20-18-,21-19+,29-24+,30-25+/t36-,37-,38-,39-/m1/s1. The number of unbranched alkanes of at least 4 members (excludes halogenated alkanes) is 4. The first-order valence-corrected chi connectivity index (χ1v) is 20.4. The lowest BCUT2D eigenvalue weighted by atomic mass is 10.1. The number of esters is 2. The van der Waals surface area contributed by atoms with Crippen LogP contribution < -0.4 is 0 Å². The van der Waals surface area contributed by atoms with Gasteiger partial charge in [-0.15, -0.1) is 0 Å². The molecule has 0 radical (unpaired) electrons. The maximum Gasteiger partial charge on any atom is 0.469 e. The van der Waals surface area contributed by atoms with Gasteiger partial charge in [0.1, 0.15) is 6.61 Å². The van der Waals surface area contributed by atoms with E-state index < -0.39 is 57.4 Å². The summed E-state index contributed by atoms with van der Waals surface area (Å²) in [7, 11) is -4.85. The number of phosphoric acid groups is 1. The van der Waals surface area contributed by atoms with Gasteiger partial charge in [0.05, 0.1) is 24.9 Å². The van der Waals surface area contributed by atoms with E-state index in [-0.39, 0.29) is 25.7 Å². The fourth-order valence-electron chi connectivity index (χ4n) is 4.51. The predicted octanol–water partition coefficient (Wildman–Crippen LogP) is 7.97. The third-order valence-electron chi connectivity index (χ3n) is 7.45. The van der Waals surface area contributed by atoms with Crippen LogP contribution in [0.15, 0.2) is 97.2 Å². The molecule has 5 N–H and O–H groups in total. The van der Waals surface area contributed by atoms with Crippen molar-refractivity contribution >= 4 is 19.8 Å². The number of ether oxygens (including phenoxy) is 2.